The first kappa shape index (κ1) is 16.4. The summed E-state index contributed by atoms with van der Waals surface area (Å²) < 4.78 is 43.6. The molecule has 0 amide bonds. The summed E-state index contributed by atoms with van der Waals surface area (Å²) in [6, 6.07) is -0.709. The average Bonchev–Trinajstić information content (AvgIpc) is 2.78. The van der Waals surface area contributed by atoms with Crippen LogP contribution in [0.1, 0.15) is 6.92 Å². The van der Waals surface area contributed by atoms with E-state index >= 15 is 0 Å². The quantitative estimate of drug-likeness (QED) is 0.289. The molecule has 2 fully saturated rings. The van der Waals surface area contributed by atoms with Crippen LogP contribution < -0.4 is 0 Å². The van der Waals surface area contributed by atoms with E-state index in [1.165, 1.54) is 21.3 Å². The Bertz CT molecular complexity index is 395. The summed E-state index contributed by atoms with van der Waals surface area (Å²) >= 11 is 0. The summed E-state index contributed by atoms with van der Waals surface area (Å²) in [5.74, 6) is 0. The number of fused-ring (bicyclic) bond motifs is 2. The Balaban J connectivity index is 2.23. The van der Waals surface area contributed by atoms with E-state index in [1.54, 1.807) is 6.92 Å². The Morgan fingerprint density at radius 3 is 2.60 bits per heavy atom. The van der Waals surface area contributed by atoms with Gasteiger partial charge >= 0.3 is 7.82 Å². The number of phosphoric acid groups is 1. The molecule has 10 heteroatoms. The Labute approximate surface area is 118 Å². The second kappa shape index (κ2) is 6.02. The smallest absolute Gasteiger partial charge is 0.381 e. The normalized spacial score (nSPS) is 42.8. The monoisotopic (exact) mass is 308 g/mol. The van der Waals surface area contributed by atoms with Gasteiger partial charge in [0.15, 0.2) is 0 Å². The van der Waals surface area contributed by atoms with E-state index in [0.29, 0.717) is 0 Å². The van der Waals surface area contributed by atoms with E-state index in [9.17, 15) is 4.57 Å². The lowest BCUT2D eigenvalue weighted by molar-refractivity contribution is -0.207. The van der Waals surface area contributed by atoms with Crippen molar-refractivity contribution in [3.63, 3.8) is 0 Å². The number of methoxy groups -OCH3 is 1. The molecular formula is C10H18BO8P. The molecule has 114 valence electrons. The fourth-order valence-electron chi connectivity index (χ4n) is 2.59. The topological polar surface area (TPSA) is 81.7 Å². The van der Waals surface area contributed by atoms with Crippen LogP contribution in [0.25, 0.3) is 0 Å². The zero-order chi connectivity index (χ0) is 15.0. The van der Waals surface area contributed by atoms with E-state index < -0.39 is 31.6 Å². The van der Waals surface area contributed by atoms with Crippen LogP contribution in [0, 0.1) is 0 Å². The molecule has 6 atom stereocenters. The molecule has 0 aromatic carbocycles. The predicted molar refractivity (Wildman–Crippen MR) is 67.2 cm³/mol. The van der Waals surface area contributed by atoms with Crippen LogP contribution in [0.2, 0.25) is 0 Å². The van der Waals surface area contributed by atoms with Crippen LogP contribution >= 0.6 is 7.82 Å². The molecule has 2 aliphatic rings. The second-order valence-corrected chi connectivity index (χ2v) is 6.23. The molecule has 20 heavy (non-hydrogen) atoms. The van der Waals surface area contributed by atoms with Crippen LogP contribution in [0.15, 0.2) is 0 Å². The first-order chi connectivity index (χ1) is 9.42. The van der Waals surface area contributed by atoms with Crippen molar-refractivity contribution in [1.82, 2.24) is 0 Å². The Morgan fingerprint density at radius 2 is 2.05 bits per heavy atom. The molecule has 2 radical (unpaired) electrons. The van der Waals surface area contributed by atoms with Crippen molar-refractivity contribution in [3.8, 4) is 0 Å². The molecule has 2 rings (SSSR count). The average molecular weight is 308 g/mol. The molecule has 2 saturated heterocycles. The Hall–Kier alpha value is 0.0149. The molecule has 0 N–H and O–H groups in total. The maximum absolute atomic E-state index is 12.2. The molecule has 2 aliphatic heterocycles. The van der Waals surface area contributed by atoms with E-state index in [2.05, 4.69) is 9.56 Å². The third kappa shape index (κ3) is 2.57. The molecule has 2 heterocycles. The van der Waals surface area contributed by atoms with Crippen LogP contribution in [0.4, 0.5) is 0 Å². The lowest BCUT2D eigenvalue weighted by Gasteiger charge is -2.35. The highest BCUT2D eigenvalue weighted by Gasteiger charge is 2.66. The fourth-order valence-corrected chi connectivity index (χ4v) is 3.54. The maximum atomic E-state index is 12.2. The van der Waals surface area contributed by atoms with Gasteiger partial charge in [-0.05, 0) is 6.92 Å². The summed E-state index contributed by atoms with van der Waals surface area (Å²) in [6.07, 6.45) is -1.69. The highest BCUT2D eigenvalue weighted by molar-refractivity contribution is 7.48. The highest BCUT2D eigenvalue weighted by Crippen LogP contribution is 2.56. The van der Waals surface area contributed by atoms with Gasteiger partial charge in [0.25, 0.3) is 0 Å². The summed E-state index contributed by atoms with van der Waals surface area (Å²) in [5.41, 5.74) is -0.968. The molecule has 0 spiro atoms. The molecule has 3 unspecified atom stereocenters. The van der Waals surface area contributed by atoms with Crippen LogP contribution in [-0.2, 0) is 37.4 Å². The molecule has 0 saturated carbocycles. The number of rotatable bonds is 7. The first-order valence-corrected chi connectivity index (χ1v) is 7.53. The maximum Gasteiger partial charge on any atom is 0.502 e. The van der Waals surface area contributed by atoms with Gasteiger partial charge in [-0.25, -0.2) is 9.45 Å². The van der Waals surface area contributed by atoms with Crippen molar-refractivity contribution in [2.45, 2.75) is 36.8 Å². The molecule has 0 aliphatic carbocycles. The zero-order valence-electron chi connectivity index (χ0n) is 11.8. The molecule has 2 bridgehead atoms. The summed E-state index contributed by atoms with van der Waals surface area (Å²) in [4.78, 5) is 4.39. The van der Waals surface area contributed by atoms with Crippen molar-refractivity contribution in [3.05, 3.63) is 0 Å². The van der Waals surface area contributed by atoms with E-state index in [0.717, 1.165) is 0 Å². The van der Waals surface area contributed by atoms with Crippen molar-refractivity contribution in [2.75, 3.05) is 27.9 Å². The van der Waals surface area contributed by atoms with E-state index in [4.69, 9.17) is 31.1 Å². The molecular weight excluding hydrogens is 290 g/mol. The van der Waals surface area contributed by atoms with Gasteiger partial charge in [-0.15, -0.1) is 4.67 Å². The minimum absolute atomic E-state index is 0.166. The summed E-state index contributed by atoms with van der Waals surface area (Å²) in [5, 5.41) is 0. The van der Waals surface area contributed by atoms with Gasteiger partial charge in [0.05, 0.1) is 19.8 Å². The number of ether oxygens (including phenoxy) is 3. The Morgan fingerprint density at radius 1 is 1.35 bits per heavy atom. The van der Waals surface area contributed by atoms with E-state index in [-0.39, 0.29) is 12.7 Å². The van der Waals surface area contributed by atoms with Crippen molar-refractivity contribution in [1.29, 1.82) is 0 Å². The van der Waals surface area contributed by atoms with Crippen molar-refractivity contribution in [2.24, 2.45) is 0 Å². The van der Waals surface area contributed by atoms with E-state index in [1.807, 2.05) is 0 Å². The molecule has 8 nitrogen and oxygen atoms in total. The Kier molecular flexibility index (Phi) is 4.93. The second-order valence-electron chi connectivity index (χ2n) is 4.61. The van der Waals surface area contributed by atoms with Gasteiger partial charge in [-0.1, -0.05) is 0 Å². The summed E-state index contributed by atoms with van der Waals surface area (Å²) in [7, 11) is 5.84. The number of hydrogen-bond donors (Lipinski definition) is 0. The largest absolute Gasteiger partial charge is 0.502 e. The van der Waals surface area contributed by atoms with Gasteiger partial charge < -0.3 is 14.2 Å². The third-order valence-electron chi connectivity index (χ3n) is 3.51. The van der Waals surface area contributed by atoms with Gasteiger partial charge in [-0.2, -0.15) is 0 Å². The van der Waals surface area contributed by atoms with Crippen LogP contribution in [0.3, 0.4) is 0 Å². The lowest BCUT2D eigenvalue weighted by atomic mass is 9.91. The minimum Gasteiger partial charge on any atom is -0.381 e. The zero-order valence-corrected chi connectivity index (χ0v) is 12.7. The lowest BCUT2D eigenvalue weighted by Crippen LogP contribution is -2.50. The minimum atomic E-state index is -3.90. The first-order valence-electron chi connectivity index (χ1n) is 6.07. The standard InChI is InChI=1S/C10H18BO8P/c1-6-10(5-13-2)8(7(16-6)9(11)17-10)18-20(12,15-4)19-14-3/h6-9H,5H2,1-4H3/t6-,7-,8?,9?,10+,20?/m0/s1. The van der Waals surface area contributed by atoms with Crippen LogP contribution in [-0.4, -0.2) is 65.7 Å². The van der Waals surface area contributed by atoms with Gasteiger partial charge in [0.1, 0.15) is 25.7 Å². The van der Waals surface area contributed by atoms with Crippen LogP contribution in [0.5, 0.6) is 0 Å². The highest BCUT2D eigenvalue weighted by atomic mass is 31.2. The summed E-state index contributed by atoms with van der Waals surface area (Å²) in [6.45, 7) is 1.97. The number of hydrogen-bond acceptors (Lipinski definition) is 8. The SMILES string of the molecule is [B]C1O[C@@]2(COC)C(OP(=O)(OC)OOC)[C@@H]1O[C@H]2C. The van der Waals surface area contributed by atoms with Gasteiger partial charge in [0, 0.05) is 20.2 Å². The van der Waals surface area contributed by atoms with Crippen molar-refractivity contribution < 1.29 is 37.4 Å². The molecule has 0 aromatic heterocycles. The van der Waals surface area contributed by atoms with Gasteiger partial charge in [0.2, 0.25) is 0 Å². The van der Waals surface area contributed by atoms with Gasteiger partial charge in [-0.3, -0.25) is 9.05 Å². The predicted octanol–water partition coefficient (Wildman–Crippen LogP) is 0.401. The van der Waals surface area contributed by atoms with Crippen molar-refractivity contribution >= 4 is 15.7 Å². The third-order valence-corrected chi connectivity index (χ3v) is 4.77. The number of phosphoric ester groups is 1. The fraction of sp³-hybridized carbons (Fsp3) is 1.00. The molecule has 0 aromatic rings.